The predicted octanol–water partition coefficient (Wildman–Crippen LogP) is 3.83. The van der Waals surface area contributed by atoms with Gasteiger partial charge in [0, 0.05) is 11.1 Å². The molecule has 0 unspecified atom stereocenters. The van der Waals surface area contributed by atoms with Crippen LogP contribution in [-0.2, 0) is 14.3 Å². The van der Waals surface area contributed by atoms with Gasteiger partial charge >= 0.3 is 0 Å². The number of imide groups is 1. The van der Waals surface area contributed by atoms with Crippen LogP contribution >= 0.6 is 31.9 Å². The summed E-state index contributed by atoms with van der Waals surface area (Å²) in [5.41, 5.74) is -0.570. The summed E-state index contributed by atoms with van der Waals surface area (Å²) in [4.78, 5) is 24.3. The number of rotatable bonds is 8. The summed E-state index contributed by atoms with van der Waals surface area (Å²) in [6, 6.07) is 0. The molecule has 0 heterocycles. The fraction of sp³-hybridized carbons (Fsp3) is 0.714. The standard InChI is InChI=1S/C14H23Br2NO3/c1-10(2)6-7-20-14(4,5)8-17(9-18)13(19)12(16)11(3)15/h9-10H,6-8H2,1-5H3/b12-11-. The largest absolute Gasteiger partial charge is 0.374 e. The first-order valence-corrected chi connectivity index (χ1v) is 8.11. The molecule has 0 aliphatic rings. The number of carbonyl (C=O) groups excluding carboxylic acids is 2. The molecule has 0 aromatic carbocycles. The summed E-state index contributed by atoms with van der Waals surface area (Å²) in [7, 11) is 0. The minimum absolute atomic E-state index is 0.211. The number of hydrogen-bond acceptors (Lipinski definition) is 3. The average molecular weight is 413 g/mol. The van der Waals surface area contributed by atoms with Gasteiger partial charge < -0.3 is 4.74 Å². The molecule has 0 aliphatic heterocycles. The van der Waals surface area contributed by atoms with Gasteiger partial charge in [0.2, 0.25) is 6.41 Å². The number of ether oxygens (including phenoxy) is 1. The molecule has 0 aliphatic carbocycles. The first-order chi connectivity index (χ1) is 9.10. The van der Waals surface area contributed by atoms with Crippen LogP contribution in [0.5, 0.6) is 0 Å². The van der Waals surface area contributed by atoms with E-state index in [1.807, 2.05) is 13.8 Å². The van der Waals surface area contributed by atoms with Gasteiger partial charge in [-0.05, 0) is 49.0 Å². The fourth-order valence-electron chi connectivity index (χ4n) is 1.46. The molecule has 0 aromatic heterocycles. The molecule has 0 aromatic rings. The Morgan fingerprint density at radius 2 is 1.90 bits per heavy atom. The van der Waals surface area contributed by atoms with Crippen LogP contribution in [-0.4, -0.2) is 36.0 Å². The molecule has 0 atom stereocenters. The third-order valence-electron chi connectivity index (χ3n) is 2.62. The van der Waals surface area contributed by atoms with E-state index in [0.29, 0.717) is 27.9 Å². The third kappa shape index (κ3) is 7.55. The van der Waals surface area contributed by atoms with E-state index < -0.39 is 5.60 Å². The van der Waals surface area contributed by atoms with Crippen molar-refractivity contribution in [1.82, 2.24) is 4.90 Å². The minimum atomic E-state index is -0.570. The van der Waals surface area contributed by atoms with Gasteiger partial charge in [0.1, 0.15) is 0 Å². The van der Waals surface area contributed by atoms with Gasteiger partial charge in [-0.3, -0.25) is 14.5 Å². The monoisotopic (exact) mass is 411 g/mol. The minimum Gasteiger partial charge on any atom is -0.374 e. The predicted molar refractivity (Wildman–Crippen MR) is 87.8 cm³/mol. The van der Waals surface area contributed by atoms with Gasteiger partial charge in [0.25, 0.3) is 5.91 Å². The molecule has 4 nitrogen and oxygen atoms in total. The van der Waals surface area contributed by atoms with Crippen LogP contribution in [0.2, 0.25) is 0 Å². The lowest BCUT2D eigenvalue weighted by Crippen LogP contribution is -2.43. The summed E-state index contributed by atoms with van der Waals surface area (Å²) in [5.74, 6) is 0.178. The van der Waals surface area contributed by atoms with E-state index in [2.05, 4.69) is 45.7 Å². The van der Waals surface area contributed by atoms with Crippen molar-refractivity contribution in [3.05, 3.63) is 8.96 Å². The quantitative estimate of drug-likeness (QED) is 0.449. The van der Waals surface area contributed by atoms with Crippen LogP contribution in [0.3, 0.4) is 0 Å². The maximum absolute atomic E-state index is 12.1. The van der Waals surface area contributed by atoms with Gasteiger partial charge in [-0.1, -0.05) is 29.8 Å². The van der Waals surface area contributed by atoms with Crippen molar-refractivity contribution >= 4 is 44.2 Å². The lowest BCUT2D eigenvalue weighted by Gasteiger charge is -2.30. The fourth-order valence-corrected chi connectivity index (χ4v) is 1.85. The molecule has 2 amide bonds. The number of allylic oxidation sites excluding steroid dienone is 1. The number of carbonyl (C=O) groups is 2. The van der Waals surface area contributed by atoms with Crippen LogP contribution in [0.15, 0.2) is 8.96 Å². The second-order valence-corrected chi connectivity index (χ2v) is 7.66. The molecule has 0 N–H and O–H groups in total. The Morgan fingerprint density at radius 3 is 2.30 bits per heavy atom. The molecule has 0 rings (SSSR count). The molecule has 20 heavy (non-hydrogen) atoms. The highest BCUT2D eigenvalue weighted by Gasteiger charge is 2.27. The first kappa shape index (κ1) is 19.8. The Morgan fingerprint density at radius 1 is 1.35 bits per heavy atom. The third-order valence-corrected chi connectivity index (χ3v) is 4.48. The van der Waals surface area contributed by atoms with E-state index in [1.165, 1.54) is 0 Å². The Balaban J connectivity index is 4.66. The summed E-state index contributed by atoms with van der Waals surface area (Å²) in [6.45, 7) is 10.5. The lowest BCUT2D eigenvalue weighted by atomic mass is 10.1. The molecular weight excluding hydrogens is 390 g/mol. The van der Waals surface area contributed by atoms with E-state index in [1.54, 1.807) is 6.92 Å². The number of amides is 2. The Labute approximate surface area is 138 Å². The highest BCUT2D eigenvalue weighted by molar-refractivity contribution is 9.14. The molecule has 116 valence electrons. The molecule has 0 saturated heterocycles. The highest BCUT2D eigenvalue weighted by atomic mass is 79.9. The topological polar surface area (TPSA) is 46.6 Å². The van der Waals surface area contributed by atoms with Gasteiger partial charge in [-0.2, -0.15) is 0 Å². The van der Waals surface area contributed by atoms with Crippen molar-refractivity contribution in [1.29, 1.82) is 0 Å². The zero-order chi connectivity index (χ0) is 15.9. The molecule has 0 fully saturated rings. The van der Waals surface area contributed by atoms with Crippen molar-refractivity contribution in [3.8, 4) is 0 Å². The second kappa shape index (κ2) is 8.95. The van der Waals surface area contributed by atoms with Gasteiger partial charge in [0.05, 0.1) is 16.6 Å². The second-order valence-electron chi connectivity index (χ2n) is 5.68. The van der Waals surface area contributed by atoms with Crippen LogP contribution in [0, 0.1) is 5.92 Å². The van der Waals surface area contributed by atoms with Crippen molar-refractivity contribution in [2.24, 2.45) is 5.92 Å². The zero-order valence-electron chi connectivity index (χ0n) is 12.7. The van der Waals surface area contributed by atoms with Crippen LogP contribution in [0.1, 0.15) is 41.0 Å². The van der Waals surface area contributed by atoms with E-state index in [4.69, 9.17) is 4.74 Å². The number of hydrogen-bond donors (Lipinski definition) is 0. The highest BCUT2D eigenvalue weighted by Crippen LogP contribution is 2.21. The molecular formula is C14H23Br2NO3. The Hall–Kier alpha value is -0.200. The lowest BCUT2D eigenvalue weighted by molar-refractivity contribution is -0.139. The molecule has 0 radical (unpaired) electrons. The van der Waals surface area contributed by atoms with E-state index in [9.17, 15) is 9.59 Å². The van der Waals surface area contributed by atoms with Gasteiger partial charge in [0.15, 0.2) is 0 Å². The maximum atomic E-state index is 12.1. The Kier molecular flexibility index (Phi) is 8.86. The SMILES string of the molecule is C/C(Br)=C(/Br)C(=O)N(C=O)CC(C)(C)OCCC(C)C. The van der Waals surface area contributed by atoms with Crippen LogP contribution in [0.4, 0.5) is 0 Å². The maximum Gasteiger partial charge on any atom is 0.268 e. The normalized spacial score (nSPS) is 13.2. The van der Waals surface area contributed by atoms with Crippen molar-refractivity contribution < 1.29 is 14.3 Å². The summed E-state index contributed by atoms with van der Waals surface area (Å²) in [5, 5.41) is 0. The van der Waals surface area contributed by atoms with E-state index >= 15 is 0 Å². The van der Waals surface area contributed by atoms with Crippen LogP contribution < -0.4 is 0 Å². The van der Waals surface area contributed by atoms with Crippen molar-refractivity contribution in [2.75, 3.05) is 13.2 Å². The van der Waals surface area contributed by atoms with Gasteiger partial charge in [-0.15, -0.1) is 0 Å². The Bertz CT molecular complexity index is 375. The molecule has 6 heteroatoms. The molecule has 0 saturated carbocycles. The number of nitrogens with zero attached hydrogens (tertiary/aromatic N) is 1. The van der Waals surface area contributed by atoms with E-state index in [-0.39, 0.29) is 12.5 Å². The summed E-state index contributed by atoms with van der Waals surface area (Å²) >= 11 is 6.38. The smallest absolute Gasteiger partial charge is 0.268 e. The average Bonchev–Trinajstić information content (AvgIpc) is 2.33. The van der Waals surface area contributed by atoms with Gasteiger partial charge in [-0.25, -0.2) is 0 Å². The first-order valence-electron chi connectivity index (χ1n) is 6.53. The molecule has 0 spiro atoms. The van der Waals surface area contributed by atoms with Crippen LogP contribution in [0.25, 0.3) is 0 Å². The molecule has 0 bridgehead atoms. The van der Waals surface area contributed by atoms with Crippen molar-refractivity contribution in [2.45, 2.75) is 46.6 Å². The summed E-state index contributed by atoms with van der Waals surface area (Å²) in [6.07, 6.45) is 1.48. The number of halogens is 2. The summed E-state index contributed by atoms with van der Waals surface area (Å²) < 4.78 is 6.75. The zero-order valence-corrected chi connectivity index (χ0v) is 15.9. The van der Waals surface area contributed by atoms with Crippen molar-refractivity contribution in [3.63, 3.8) is 0 Å². The van der Waals surface area contributed by atoms with E-state index in [0.717, 1.165) is 11.3 Å².